The Morgan fingerprint density at radius 3 is 2.32 bits per heavy atom. The summed E-state index contributed by atoms with van der Waals surface area (Å²) in [6, 6.07) is 23.3. The van der Waals surface area contributed by atoms with Gasteiger partial charge in [-0.05, 0) is 42.7 Å². The molecule has 3 aromatic carbocycles. The molecule has 7 heteroatoms. The van der Waals surface area contributed by atoms with Crippen molar-refractivity contribution in [1.82, 2.24) is 4.72 Å². The quantitative estimate of drug-likeness (QED) is 0.499. The van der Waals surface area contributed by atoms with Gasteiger partial charge in [0.15, 0.2) is 5.78 Å². The molecule has 3 aromatic rings. The highest BCUT2D eigenvalue weighted by Crippen LogP contribution is 2.19. The van der Waals surface area contributed by atoms with Crippen molar-refractivity contribution in [2.24, 2.45) is 0 Å². The standard InChI is InChI=1S/C24H24N2O4S/c1-18(27)20-11-7-12-22(17-20)31(29,30)25-15-14-24(28)26-23-13-6-5-10-21(23)16-19-8-3-2-4-9-19/h2-13,17,25H,14-16H2,1H3,(H,26,28). The molecule has 0 saturated heterocycles. The molecule has 31 heavy (non-hydrogen) atoms. The van der Waals surface area contributed by atoms with Crippen LogP contribution in [0.15, 0.2) is 83.8 Å². The van der Waals surface area contributed by atoms with Crippen LogP contribution in [0.1, 0.15) is 34.8 Å². The zero-order valence-electron chi connectivity index (χ0n) is 17.2. The zero-order chi connectivity index (χ0) is 22.3. The molecule has 1 amide bonds. The van der Waals surface area contributed by atoms with E-state index in [2.05, 4.69) is 10.0 Å². The molecular formula is C24H24N2O4S. The third kappa shape index (κ3) is 6.34. The second kappa shape index (κ2) is 10.1. The van der Waals surface area contributed by atoms with Gasteiger partial charge in [-0.2, -0.15) is 0 Å². The molecule has 0 spiro atoms. The minimum absolute atomic E-state index is 0.00573. The second-order valence-corrected chi connectivity index (χ2v) is 8.87. The van der Waals surface area contributed by atoms with Crippen LogP contribution in [-0.2, 0) is 21.2 Å². The van der Waals surface area contributed by atoms with E-state index in [0.29, 0.717) is 17.7 Å². The van der Waals surface area contributed by atoms with Crippen LogP contribution in [0.5, 0.6) is 0 Å². The number of hydrogen-bond donors (Lipinski definition) is 2. The van der Waals surface area contributed by atoms with Gasteiger partial charge in [0, 0.05) is 24.2 Å². The maximum Gasteiger partial charge on any atom is 0.240 e. The zero-order valence-corrected chi connectivity index (χ0v) is 18.0. The highest BCUT2D eigenvalue weighted by atomic mass is 32.2. The van der Waals surface area contributed by atoms with Gasteiger partial charge >= 0.3 is 0 Å². The number of carbonyl (C=O) groups excluding carboxylic acids is 2. The van der Waals surface area contributed by atoms with E-state index in [1.54, 1.807) is 6.07 Å². The monoisotopic (exact) mass is 436 g/mol. The molecule has 0 aliphatic rings. The first-order valence-electron chi connectivity index (χ1n) is 9.87. The number of benzene rings is 3. The lowest BCUT2D eigenvalue weighted by atomic mass is 10.0. The van der Waals surface area contributed by atoms with Crippen LogP contribution in [0.3, 0.4) is 0 Å². The molecule has 0 unspecified atom stereocenters. The van der Waals surface area contributed by atoms with E-state index in [1.807, 2.05) is 54.6 Å². The van der Waals surface area contributed by atoms with Crippen LogP contribution in [0.2, 0.25) is 0 Å². The van der Waals surface area contributed by atoms with Crippen molar-refractivity contribution in [2.45, 2.75) is 24.7 Å². The normalized spacial score (nSPS) is 11.1. The Morgan fingerprint density at radius 2 is 1.58 bits per heavy atom. The van der Waals surface area contributed by atoms with Crippen molar-refractivity contribution in [3.63, 3.8) is 0 Å². The summed E-state index contributed by atoms with van der Waals surface area (Å²) in [6.07, 6.45) is 0.654. The van der Waals surface area contributed by atoms with Crippen LogP contribution in [-0.4, -0.2) is 26.7 Å². The van der Waals surface area contributed by atoms with Crippen LogP contribution in [0, 0.1) is 0 Å². The highest BCUT2D eigenvalue weighted by molar-refractivity contribution is 7.89. The first kappa shape index (κ1) is 22.4. The number of Topliss-reactive ketones (excluding diaryl/α,β-unsaturated/α-hetero) is 1. The number of rotatable bonds is 9. The fourth-order valence-electron chi connectivity index (χ4n) is 3.09. The second-order valence-electron chi connectivity index (χ2n) is 7.10. The van der Waals surface area contributed by atoms with Crippen molar-refractivity contribution in [3.05, 3.63) is 95.6 Å². The van der Waals surface area contributed by atoms with E-state index in [0.717, 1.165) is 11.1 Å². The maximum atomic E-state index is 12.5. The number of hydrogen-bond acceptors (Lipinski definition) is 4. The molecule has 0 radical (unpaired) electrons. The van der Waals surface area contributed by atoms with E-state index < -0.39 is 10.0 Å². The summed E-state index contributed by atoms with van der Waals surface area (Å²) in [4.78, 5) is 23.9. The van der Waals surface area contributed by atoms with Gasteiger partial charge in [0.05, 0.1) is 4.90 Å². The van der Waals surface area contributed by atoms with Gasteiger partial charge in [0.25, 0.3) is 0 Å². The molecule has 0 aromatic heterocycles. The third-order valence-electron chi connectivity index (χ3n) is 4.72. The van der Waals surface area contributed by atoms with Gasteiger partial charge in [-0.25, -0.2) is 13.1 Å². The Balaban J connectivity index is 1.59. The number of nitrogens with one attached hydrogen (secondary N) is 2. The van der Waals surface area contributed by atoms with Crippen LogP contribution >= 0.6 is 0 Å². The topological polar surface area (TPSA) is 92.3 Å². The average molecular weight is 437 g/mol. The molecule has 3 rings (SSSR count). The van der Waals surface area contributed by atoms with Crippen molar-refractivity contribution in [2.75, 3.05) is 11.9 Å². The summed E-state index contributed by atoms with van der Waals surface area (Å²) in [7, 11) is -3.82. The average Bonchev–Trinajstić information content (AvgIpc) is 2.76. The molecule has 0 aliphatic carbocycles. The molecule has 0 atom stereocenters. The third-order valence-corrected chi connectivity index (χ3v) is 6.18. The molecule has 6 nitrogen and oxygen atoms in total. The molecule has 0 aliphatic heterocycles. The SMILES string of the molecule is CC(=O)c1cccc(S(=O)(=O)NCCC(=O)Nc2ccccc2Cc2ccccc2)c1. The van der Waals surface area contributed by atoms with E-state index in [-0.39, 0.29) is 29.6 Å². The predicted octanol–water partition coefficient (Wildman–Crippen LogP) is 3.79. The number of para-hydroxylation sites is 1. The summed E-state index contributed by atoms with van der Waals surface area (Å²) in [5.74, 6) is -0.508. The van der Waals surface area contributed by atoms with Gasteiger partial charge in [-0.1, -0.05) is 60.7 Å². The van der Waals surface area contributed by atoms with E-state index in [1.165, 1.54) is 25.1 Å². The molecule has 0 bridgehead atoms. The van der Waals surface area contributed by atoms with E-state index in [9.17, 15) is 18.0 Å². The fraction of sp³-hybridized carbons (Fsp3) is 0.167. The minimum Gasteiger partial charge on any atom is -0.326 e. The summed E-state index contributed by atoms with van der Waals surface area (Å²) in [6.45, 7) is 1.32. The summed E-state index contributed by atoms with van der Waals surface area (Å²) < 4.78 is 27.3. The van der Waals surface area contributed by atoms with Crippen LogP contribution in [0.4, 0.5) is 5.69 Å². The Kier molecular flexibility index (Phi) is 7.33. The lowest BCUT2D eigenvalue weighted by Crippen LogP contribution is -2.28. The Bertz CT molecular complexity index is 1170. The Hall–Kier alpha value is -3.29. The predicted molar refractivity (Wildman–Crippen MR) is 121 cm³/mol. The minimum atomic E-state index is -3.82. The smallest absolute Gasteiger partial charge is 0.240 e. The lowest BCUT2D eigenvalue weighted by molar-refractivity contribution is -0.116. The summed E-state index contributed by atoms with van der Waals surface area (Å²) in [5, 5.41) is 2.86. The molecular weight excluding hydrogens is 412 g/mol. The van der Waals surface area contributed by atoms with Crippen molar-refractivity contribution >= 4 is 27.4 Å². The molecule has 160 valence electrons. The summed E-state index contributed by atoms with van der Waals surface area (Å²) in [5.41, 5.74) is 3.12. The number of carbonyl (C=O) groups is 2. The van der Waals surface area contributed by atoms with Gasteiger partial charge in [0.2, 0.25) is 15.9 Å². The first-order valence-corrected chi connectivity index (χ1v) is 11.4. The number of ketones is 1. The molecule has 0 fully saturated rings. The lowest BCUT2D eigenvalue weighted by Gasteiger charge is -2.12. The van der Waals surface area contributed by atoms with Crippen molar-refractivity contribution in [3.8, 4) is 0 Å². The summed E-state index contributed by atoms with van der Waals surface area (Å²) >= 11 is 0. The number of sulfonamides is 1. The van der Waals surface area contributed by atoms with Crippen molar-refractivity contribution < 1.29 is 18.0 Å². The molecule has 0 heterocycles. The van der Waals surface area contributed by atoms with Crippen molar-refractivity contribution in [1.29, 1.82) is 0 Å². The van der Waals surface area contributed by atoms with Gasteiger partial charge in [-0.15, -0.1) is 0 Å². The van der Waals surface area contributed by atoms with E-state index >= 15 is 0 Å². The largest absolute Gasteiger partial charge is 0.326 e. The fourth-order valence-corrected chi connectivity index (χ4v) is 4.17. The maximum absolute atomic E-state index is 12.5. The van der Waals surface area contributed by atoms with Crippen LogP contribution in [0.25, 0.3) is 0 Å². The highest BCUT2D eigenvalue weighted by Gasteiger charge is 2.16. The molecule has 2 N–H and O–H groups in total. The van der Waals surface area contributed by atoms with Gasteiger partial charge < -0.3 is 5.32 Å². The van der Waals surface area contributed by atoms with Crippen LogP contribution < -0.4 is 10.0 Å². The Labute approximate surface area is 182 Å². The number of anilines is 1. The molecule has 0 saturated carbocycles. The number of amides is 1. The van der Waals surface area contributed by atoms with Gasteiger partial charge in [0.1, 0.15) is 0 Å². The van der Waals surface area contributed by atoms with Gasteiger partial charge in [-0.3, -0.25) is 9.59 Å². The first-order chi connectivity index (χ1) is 14.8. The Morgan fingerprint density at radius 1 is 0.871 bits per heavy atom. The van der Waals surface area contributed by atoms with E-state index in [4.69, 9.17) is 0 Å².